The molecule has 1 aromatic carbocycles. The largest absolute Gasteiger partial charge is 0.376 e. The SMILES string of the molecule is O=C(NCC1CCCO1)Nc1ccc(NC(=O)c2c[nH]c3nc[nH]c(=O)c23)cc1. The minimum Gasteiger partial charge on any atom is -0.376 e. The number of rotatable bonds is 5. The van der Waals surface area contributed by atoms with E-state index in [0.29, 0.717) is 23.6 Å². The fourth-order valence-corrected chi connectivity index (χ4v) is 3.17. The Labute approximate surface area is 165 Å². The van der Waals surface area contributed by atoms with Gasteiger partial charge in [0.2, 0.25) is 0 Å². The maximum Gasteiger partial charge on any atom is 0.319 e. The highest BCUT2D eigenvalue weighted by atomic mass is 16.5. The molecule has 1 fully saturated rings. The number of aromatic nitrogens is 3. The van der Waals surface area contributed by atoms with Gasteiger partial charge in [-0.2, -0.15) is 0 Å². The number of amides is 3. The molecule has 1 aliphatic rings. The van der Waals surface area contributed by atoms with Gasteiger partial charge in [-0.1, -0.05) is 0 Å². The number of hydrogen-bond donors (Lipinski definition) is 5. The van der Waals surface area contributed by atoms with Crippen LogP contribution in [0.2, 0.25) is 0 Å². The lowest BCUT2D eigenvalue weighted by molar-refractivity contribution is 0.102. The van der Waals surface area contributed by atoms with E-state index >= 15 is 0 Å². The van der Waals surface area contributed by atoms with Crippen LogP contribution in [0.25, 0.3) is 11.0 Å². The first-order chi connectivity index (χ1) is 14.1. The van der Waals surface area contributed by atoms with Gasteiger partial charge >= 0.3 is 6.03 Å². The van der Waals surface area contributed by atoms with Gasteiger partial charge in [-0.15, -0.1) is 0 Å². The predicted molar refractivity (Wildman–Crippen MR) is 107 cm³/mol. The number of carbonyl (C=O) groups is 2. The standard InChI is InChI=1S/C19H20N6O4/c26-17(14-9-20-16-15(14)18(27)23-10-22-16)24-11-3-5-12(6-4-11)25-19(28)21-8-13-2-1-7-29-13/h3-6,9-10,13H,1-2,7-8H2,(H,24,26)(H2,21,25,28)(H2,20,22,23,27). The molecule has 3 aromatic rings. The molecule has 0 bridgehead atoms. The lowest BCUT2D eigenvalue weighted by Crippen LogP contribution is -2.35. The van der Waals surface area contributed by atoms with E-state index in [0.717, 1.165) is 19.4 Å². The Kier molecular flexibility index (Phi) is 5.25. The minimum atomic E-state index is -0.440. The molecule has 3 amide bonds. The zero-order valence-electron chi connectivity index (χ0n) is 15.5. The van der Waals surface area contributed by atoms with E-state index in [-0.39, 0.29) is 23.1 Å². The quantitative estimate of drug-likeness (QED) is 0.447. The number of urea groups is 1. The molecular formula is C19H20N6O4. The molecule has 2 aromatic heterocycles. The number of nitrogens with zero attached hydrogens (tertiary/aromatic N) is 1. The fraction of sp³-hybridized carbons (Fsp3) is 0.263. The van der Waals surface area contributed by atoms with Crippen molar-refractivity contribution in [2.45, 2.75) is 18.9 Å². The molecule has 10 nitrogen and oxygen atoms in total. The number of ether oxygens (including phenoxy) is 1. The molecular weight excluding hydrogens is 376 g/mol. The second-order valence-corrected chi connectivity index (χ2v) is 6.66. The highest BCUT2D eigenvalue weighted by molar-refractivity contribution is 6.12. The summed E-state index contributed by atoms with van der Waals surface area (Å²) in [5.41, 5.74) is 1.25. The van der Waals surface area contributed by atoms with Gasteiger partial charge in [-0.05, 0) is 37.1 Å². The molecule has 1 unspecified atom stereocenters. The second kappa shape index (κ2) is 8.15. The Morgan fingerprint density at radius 3 is 2.62 bits per heavy atom. The van der Waals surface area contributed by atoms with Crippen LogP contribution in [0.1, 0.15) is 23.2 Å². The van der Waals surface area contributed by atoms with E-state index < -0.39 is 11.5 Å². The van der Waals surface area contributed by atoms with Crippen molar-refractivity contribution in [1.29, 1.82) is 0 Å². The van der Waals surface area contributed by atoms with Gasteiger partial charge in [0.15, 0.2) is 0 Å². The molecule has 0 radical (unpaired) electrons. The zero-order chi connectivity index (χ0) is 20.2. The van der Waals surface area contributed by atoms with Crippen molar-refractivity contribution in [3.05, 3.63) is 52.7 Å². The molecule has 1 atom stereocenters. The summed E-state index contributed by atoms with van der Waals surface area (Å²) in [6.07, 6.45) is 4.75. The Hall–Kier alpha value is -3.66. The number of hydrogen-bond acceptors (Lipinski definition) is 5. The Balaban J connectivity index is 1.35. The average molecular weight is 396 g/mol. The van der Waals surface area contributed by atoms with Crippen molar-refractivity contribution in [2.75, 3.05) is 23.8 Å². The number of fused-ring (bicyclic) bond motifs is 1. The highest BCUT2D eigenvalue weighted by Gasteiger charge is 2.17. The van der Waals surface area contributed by atoms with Gasteiger partial charge < -0.3 is 30.7 Å². The molecule has 5 N–H and O–H groups in total. The van der Waals surface area contributed by atoms with Gasteiger partial charge in [0, 0.05) is 30.7 Å². The number of H-pyrrole nitrogens is 2. The van der Waals surface area contributed by atoms with Gasteiger partial charge in [-0.3, -0.25) is 9.59 Å². The summed E-state index contributed by atoms with van der Waals surface area (Å²) in [7, 11) is 0. The van der Waals surface area contributed by atoms with Crippen LogP contribution in [0, 0.1) is 0 Å². The molecule has 0 spiro atoms. The molecule has 1 saturated heterocycles. The Morgan fingerprint density at radius 1 is 1.14 bits per heavy atom. The lowest BCUT2D eigenvalue weighted by Gasteiger charge is -2.12. The van der Waals surface area contributed by atoms with Crippen molar-refractivity contribution in [3.8, 4) is 0 Å². The van der Waals surface area contributed by atoms with Crippen molar-refractivity contribution < 1.29 is 14.3 Å². The third-order valence-corrected chi connectivity index (χ3v) is 4.64. The summed E-state index contributed by atoms with van der Waals surface area (Å²) in [5, 5.41) is 8.42. The third-order valence-electron chi connectivity index (χ3n) is 4.64. The van der Waals surface area contributed by atoms with Gasteiger partial charge in [0.25, 0.3) is 11.5 Å². The van der Waals surface area contributed by atoms with E-state index in [9.17, 15) is 14.4 Å². The van der Waals surface area contributed by atoms with Crippen molar-refractivity contribution >= 4 is 34.3 Å². The minimum absolute atomic E-state index is 0.0743. The van der Waals surface area contributed by atoms with Crippen LogP contribution in [0.3, 0.4) is 0 Å². The summed E-state index contributed by atoms with van der Waals surface area (Å²) in [6.45, 7) is 1.21. The van der Waals surface area contributed by atoms with Crippen molar-refractivity contribution in [1.82, 2.24) is 20.3 Å². The van der Waals surface area contributed by atoms with Gasteiger partial charge in [-0.25, -0.2) is 9.78 Å². The summed E-state index contributed by atoms with van der Waals surface area (Å²) in [4.78, 5) is 45.7. The molecule has 3 heterocycles. The van der Waals surface area contributed by atoms with Crippen LogP contribution in [-0.4, -0.2) is 46.1 Å². The van der Waals surface area contributed by atoms with Crippen LogP contribution in [0.5, 0.6) is 0 Å². The molecule has 1 aliphatic heterocycles. The third kappa shape index (κ3) is 4.27. The van der Waals surface area contributed by atoms with Crippen molar-refractivity contribution in [3.63, 3.8) is 0 Å². The first kappa shape index (κ1) is 18.7. The maximum absolute atomic E-state index is 12.5. The van der Waals surface area contributed by atoms with Crippen LogP contribution in [-0.2, 0) is 4.74 Å². The summed E-state index contributed by atoms with van der Waals surface area (Å²) < 4.78 is 5.46. The smallest absolute Gasteiger partial charge is 0.319 e. The van der Waals surface area contributed by atoms with Gasteiger partial charge in [0.05, 0.1) is 23.4 Å². The molecule has 0 saturated carbocycles. The lowest BCUT2D eigenvalue weighted by atomic mass is 10.2. The van der Waals surface area contributed by atoms with Gasteiger partial charge in [0.1, 0.15) is 5.65 Å². The van der Waals surface area contributed by atoms with E-state index in [4.69, 9.17) is 4.74 Å². The topological polar surface area (TPSA) is 141 Å². The number of nitrogens with one attached hydrogen (secondary N) is 5. The second-order valence-electron chi connectivity index (χ2n) is 6.66. The molecule has 0 aliphatic carbocycles. The number of carbonyl (C=O) groups excluding carboxylic acids is 2. The van der Waals surface area contributed by atoms with Crippen LogP contribution in [0.15, 0.2) is 41.6 Å². The normalized spacial score (nSPS) is 15.9. The fourth-order valence-electron chi connectivity index (χ4n) is 3.17. The highest BCUT2D eigenvalue weighted by Crippen LogP contribution is 2.17. The van der Waals surface area contributed by atoms with E-state index in [1.54, 1.807) is 24.3 Å². The van der Waals surface area contributed by atoms with Crippen LogP contribution < -0.4 is 21.5 Å². The molecule has 29 heavy (non-hydrogen) atoms. The maximum atomic E-state index is 12.5. The monoisotopic (exact) mass is 396 g/mol. The summed E-state index contributed by atoms with van der Waals surface area (Å²) in [6, 6.07) is 6.34. The Bertz CT molecular complexity index is 1080. The van der Waals surface area contributed by atoms with Crippen LogP contribution >= 0.6 is 0 Å². The predicted octanol–water partition coefficient (Wildman–Crippen LogP) is 1.80. The molecule has 4 rings (SSSR count). The number of benzene rings is 1. The molecule has 10 heteroatoms. The Morgan fingerprint density at radius 2 is 1.90 bits per heavy atom. The van der Waals surface area contributed by atoms with E-state index in [1.807, 2.05) is 0 Å². The van der Waals surface area contributed by atoms with Crippen LogP contribution in [0.4, 0.5) is 16.2 Å². The van der Waals surface area contributed by atoms with Crippen molar-refractivity contribution in [2.24, 2.45) is 0 Å². The first-order valence-electron chi connectivity index (χ1n) is 9.23. The van der Waals surface area contributed by atoms with E-state index in [1.165, 1.54) is 12.5 Å². The number of aromatic amines is 2. The summed E-state index contributed by atoms with van der Waals surface area (Å²) >= 11 is 0. The zero-order valence-corrected chi connectivity index (χ0v) is 15.5. The molecule has 150 valence electrons. The van der Waals surface area contributed by atoms with E-state index in [2.05, 4.69) is 30.9 Å². The summed E-state index contributed by atoms with van der Waals surface area (Å²) in [5.74, 6) is -0.440. The first-order valence-corrected chi connectivity index (χ1v) is 9.23. The number of anilines is 2. The average Bonchev–Trinajstić information content (AvgIpc) is 3.38.